The van der Waals surface area contributed by atoms with Gasteiger partial charge < -0.3 is 10.6 Å². The third kappa shape index (κ3) is 3.12. The van der Waals surface area contributed by atoms with Gasteiger partial charge in [-0.2, -0.15) is 0 Å². The van der Waals surface area contributed by atoms with E-state index in [-0.39, 0.29) is 0 Å². The Bertz CT molecular complexity index is 132. The third-order valence-electron chi connectivity index (χ3n) is 1.83. The molecule has 0 saturated heterocycles. The number of unbranched alkanes of at least 4 members (excludes halogenated alkanes) is 2. The molecule has 62 valence electrons. The molecular weight excluding hydrogens is 136 g/mol. The highest BCUT2D eigenvalue weighted by atomic mass is 15.1. The van der Waals surface area contributed by atoms with Crippen LogP contribution in [0.1, 0.15) is 25.7 Å². The van der Waals surface area contributed by atoms with Crippen molar-refractivity contribution in [2.24, 2.45) is 0 Å². The van der Waals surface area contributed by atoms with Gasteiger partial charge in [-0.15, -0.1) is 6.58 Å². The van der Waals surface area contributed by atoms with Gasteiger partial charge in [0.2, 0.25) is 0 Å². The smallest absolute Gasteiger partial charge is 0.0955 e. The molecule has 0 spiro atoms. The summed E-state index contributed by atoms with van der Waals surface area (Å²) in [5.41, 5.74) is 0. The highest BCUT2D eigenvalue weighted by Gasteiger charge is 2.05. The molecule has 1 heterocycles. The Hall–Kier alpha value is -0.920. The van der Waals surface area contributed by atoms with Crippen LogP contribution in [0.5, 0.6) is 0 Å². The van der Waals surface area contributed by atoms with E-state index in [1.165, 1.54) is 19.3 Å². The van der Waals surface area contributed by atoms with Crippen LogP contribution in [0.25, 0.3) is 0 Å². The normalized spacial score (nSPS) is 16.0. The van der Waals surface area contributed by atoms with Crippen LogP contribution in [0.3, 0.4) is 0 Å². The van der Waals surface area contributed by atoms with Gasteiger partial charge in [0.15, 0.2) is 0 Å². The van der Waals surface area contributed by atoms with E-state index in [9.17, 15) is 0 Å². The summed E-state index contributed by atoms with van der Waals surface area (Å²) in [6.07, 6.45) is 11.2. The molecule has 0 radical (unpaired) electrons. The molecule has 0 aromatic heterocycles. The zero-order chi connectivity index (χ0) is 7.94. The van der Waals surface area contributed by atoms with E-state index in [1.807, 2.05) is 18.5 Å². The number of rotatable bonds is 5. The molecule has 0 aromatic rings. The first kappa shape index (κ1) is 8.18. The van der Waals surface area contributed by atoms with Crippen LogP contribution >= 0.6 is 0 Å². The molecule has 1 rings (SSSR count). The second-order valence-electron chi connectivity index (χ2n) is 2.79. The Labute approximate surface area is 68.4 Å². The van der Waals surface area contributed by atoms with Gasteiger partial charge in [-0.1, -0.05) is 6.08 Å². The van der Waals surface area contributed by atoms with Crippen molar-refractivity contribution in [2.45, 2.75) is 31.8 Å². The molecule has 0 aromatic carbocycles. The molecule has 11 heavy (non-hydrogen) atoms. The summed E-state index contributed by atoms with van der Waals surface area (Å²) in [7, 11) is 0. The van der Waals surface area contributed by atoms with Crippen molar-refractivity contribution < 1.29 is 0 Å². The van der Waals surface area contributed by atoms with Crippen LogP contribution in [-0.4, -0.2) is 6.17 Å². The average molecular weight is 152 g/mol. The van der Waals surface area contributed by atoms with Crippen molar-refractivity contribution in [3.63, 3.8) is 0 Å². The molecule has 2 heteroatoms. The van der Waals surface area contributed by atoms with Gasteiger partial charge in [-0.05, 0) is 25.7 Å². The maximum atomic E-state index is 3.69. The summed E-state index contributed by atoms with van der Waals surface area (Å²) >= 11 is 0. The Kier molecular flexibility index (Phi) is 3.59. The van der Waals surface area contributed by atoms with E-state index >= 15 is 0 Å². The lowest BCUT2D eigenvalue weighted by molar-refractivity contribution is 0.499. The molecule has 1 aliphatic heterocycles. The van der Waals surface area contributed by atoms with Crippen molar-refractivity contribution >= 4 is 0 Å². The molecule has 2 N–H and O–H groups in total. The number of allylic oxidation sites excluding steroid dienone is 1. The Balaban J connectivity index is 1.91. The van der Waals surface area contributed by atoms with Gasteiger partial charge in [0.25, 0.3) is 0 Å². The van der Waals surface area contributed by atoms with E-state index in [0.29, 0.717) is 6.17 Å². The molecule has 0 fully saturated rings. The van der Waals surface area contributed by atoms with Crippen LogP contribution in [0.15, 0.2) is 25.1 Å². The molecule has 1 aliphatic rings. The van der Waals surface area contributed by atoms with Crippen molar-refractivity contribution in [3.05, 3.63) is 25.1 Å². The Morgan fingerprint density at radius 3 is 2.64 bits per heavy atom. The van der Waals surface area contributed by atoms with E-state index in [4.69, 9.17) is 0 Å². The first-order chi connectivity index (χ1) is 5.43. The monoisotopic (exact) mass is 152 g/mol. The molecule has 0 atom stereocenters. The first-order valence-corrected chi connectivity index (χ1v) is 4.21. The zero-order valence-electron chi connectivity index (χ0n) is 6.84. The number of hydrogen-bond acceptors (Lipinski definition) is 2. The topological polar surface area (TPSA) is 24.1 Å². The minimum absolute atomic E-state index is 0.472. The second-order valence-corrected chi connectivity index (χ2v) is 2.79. The molecule has 2 nitrogen and oxygen atoms in total. The first-order valence-electron chi connectivity index (χ1n) is 4.21. The third-order valence-corrected chi connectivity index (χ3v) is 1.83. The Morgan fingerprint density at radius 2 is 2.00 bits per heavy atom. The van der Waals surface area contributed by atoms with Crippen molar-refractivity contribution in [2.75, 3.05) is 0 Å². The lowest BCUT2D eigenvalue weighted by Crippen LogP contribution is -2.30. The zero-order valence-corrected chi connectivity index (χ0v) is 6.84. The molecule has 0 amide bonds. The number of hydrogen-bond donors (Lipinski definition) is 2. The van der Waals surface area contributed by atoms with Crippen molar-refractivity contribution in [1.82, 2.24) is 10.6 Å². The van der Waals surface area contributed by atoms with Gasteiger partial charge in [0, 0.05) is 12.4 Å². The summed E-state index contributed by atoms with van der Waals surface area (Å²) in [5.74, 6) is 0. The van der Waals surface area contributed by atoms with Gasteiger partial charge in [-0.25, -0.2) is 0 Å². The summed E-state index contributed by atoms with van der Waals surface area (Å²) in [4.78, 5) is 0. The van der Waals surface area contributed by atoms with E-state index in [1.54, 1.807) is 0 Å². The standard InChI is InChI=1S/C9H16N2/c1-2-3-4-5-6-9-10-7-8-11-9/h2,7-11H,1,3-6H2. The van der Waals surface area contributed by atoms with Crippen molar-refractivity contribution in [1.29, 1.82) is 0 Å². The fraction of sp³-hybridized carbons (Fsp3) is 0.556. The summed E-state index contributed by atoms with van der Waals surface area (Å²) in [6, 6.07) is 0. The summed E-state index contributed by atoms with van der Waals surface area (Å²) in [5, 5.41) is 6.43. The minimum atomic E-state index is 0.472. The van der Waals surface area contributed by atoms with Crippen LogP contribution in [0.4, 0.5) is 0 Å². The maximum absolute atomic E-state index is 3.69. The molecule has 0 saturated carbocycles. The highest BCUT2D eigenvalue weighted by molar-refractivity contribution is 4.90. The average Bonchev–Trinajstić information content (AvgIpc) is 2.50. The van der Waals surface area contributed by atoms with Gasteiger partial charge in [0.1, 0.15) is 0 Å². The van der Waals surface area contributed by atoms with Gasteiger partial charge >= 0.3 is 0 Å². The largest absolute Gasteiger partial charge is 0.370 e. The summed E-state index contributed by atoms with van der Waals surface area (Å²) < 4.78 is 0. The molecule has 0 unspecified atom stereocenters. The summed E-state index contributed by atoms with van der Waals surface area (Å²) in [6.45, 7) is 3.69. The van der Waals surface area contributed by atoms with E-state index in [0.717, 1.165) is 6.42 Å². The predicted molar refractivity (Wildman–Crippen MR) is 47.9 cm³/mol. The molecule has 0 aliphatic carbocycles. The van der Waals surface area contributed by atoms with Crippen LogP contribution in [-0.2, 0) is 0 Å². The SMILES string of the molecule is C=CCCCCC1NC=CN1. The highest BCUT2D eigenvalue weighted by Crippen LogP contribution is 2.04. The van der Waals surface area contributed by atoms with Gasteiger partial charge in [0.05, 0.1) is 6.17 Å². The molecular formula is C9H16N2. The van der Waals surface area contributed by atoms with Crippen LogP contribution in [0, 0.1) is 0 Å². The van der Waals surface area contributed by atoms with E-state index < -0.39 is 0 Å². The quantitative estimate of drug-likeness (QED) is 0.463. The maximum Gasteiger partial charge on any atom is 0.0955 e. The second kappa shape index (κ2) is 4.83. The van der Waals surface area contributed by atoms with Gasteiger partial charge in [-0.3, -0.25) is 0 Å². The van der Waals surface area contributed by atoms with Crippen LogP contribution < -0.4 is 10.6 Å². The minimum Gasteiger partial charge on any atom is -0.370 e. The number of nitrogens with one attached hydrogen (secondary N) is 2. The van der Waals surface area contributed by atoms with Crippen LogP contribution in [0.2, 0.25) is 0 Å². The van der Waals surface area contributed by atoms with Crippen molar-refractivity contribution in [3.8, 4) is 0 Å². The lowest BCUT2D eigenvalue weighted by Gasteiger charge is -2.10. The van der Waals surface area contributed by atoms with E-state index in [2.05, 4.69) is 17.2 Å². The predicted octanol–water partition coefficient (Wildman–Crippen LogP) is 1.72. The fourth-order valence-electron chi connectivity index (χ4n) is 1.18. The fourth-order valence-corrected chi connectivity index (χ4v) is 1.18. The Morgan fingerprint density at radius 1 is 1.27 bits per heavy atom. The lowest BCUT2D eigenvalue weighted by atomic mass is 10.1. The molecule has 0 bridgehead atoms.